The number of hydrogen-bond acceptors (Lipinski definition) is 3. The lowest BCUT2D eigenvalue weighted by Crippen LogP contribution is -2.44. The quantitative estimate of drug-likeness (QED) is 0.850. The second-order valence-corrected chi connectivity index (χ2v) is 7.36. The van der Waals surface area contributed by atoms with Gasteiger partial charge in [-0.05, 0) is 39.8 Å². The number of aromatic nitrogens is 3. The van der Waals surface area contributed by atoms with Gasteiger partial charge in [0.05, 0.1) is 36.6 Å². The van der Waals surface area contributed by atoms with Crippen LogP contribution in [0.5, 0.6) is 0 Å². The summed E-state index contributed by atoms with van der Waals surface area (Å²) in [6.45, 7) is 9.90. The number of carbonyl (C=O) groups is 1. The van der Waals surface area contributed by atoms with Crippen molar-refractivity contribution in [2.75, 3.05) is 19.8 Å². The smallest absolute Gasteiger partial charge is 0.258 e. The van der Waals surface area contributed by atoms with E-state index in [9.17, 15) is 4.79 Å². The number of amides is 1. The van der Waals surface area contributed by atoms with Gasteiger partial charge in [0, 0.05) is 31.2 Å². The number of ether oxygens (including phenoxy) is 1. The van der Waals surface area contributed by atoms with E-state index in [1.165, 1.54) is 0 Å². The van der Waals surface area contributed by atoms with E-state index < -0.39 is 0 Å². The average Bonchev–Trinajstić information content (AvgIpc) is 3.12. The summed E-state index contributed by atoms with van der Waals surface area (Å²) < 4.78 is 9.60. The standard InChI is InChI=1S/C18H26N4O2/c1-13-14(11-19-22(13)18(2,3)4)17(23)21-9-10-24-12-16(21)15-7-6-8-20(15)5/h6-8,11,16H,9-10,12H2,1-5H3. The van der Waals surface area contributed by atoms with Crippen LogP contribution in [0.1, 0.15) is 48.6 Å². The SMILES string of the molecule is Cc1c(C(=O)N2CCOCC2c2cccn2C)cnn1C(C)(C)C. The molecule has 0 aliphatic carbocycles. The molecule has 2 aromatic heterocycles. The van der Waals surface area contributed by atoms with Crippen LogP contribution in [-0.2, 0) is 17.3 Å². The minimum atomic E-state index is -0.148. The largest absolute Gasteiger partial charge is 0.377 e. The van der Waals surface area contributed by atoms with E-state index in [1.54, 1.807) is 6.20 Å². The molecular formula is C18H26N4O2. The number of carbonyl (C=O) groups excluding carboxylic acids is 1. The summed E-state index contributed by atoms with van der Waals surface area (Å²) in [5.74, 6) is 0.0255. The van der Waals surface area contributed by atoms with Crippen LogP contribution in [0.2, 0.25) is 0 Å². The summed E-state index contributed by atoms with van der Waals surface area (Å²) in [5.41, 5.74) is 2.52. The third-order valence-electron chi connectivity index (χ3n) is 4.59. The van der Waals surface area contributed by atoms with Crippen molar-refractivity contribution >= 4 is 5.91 Å². The number of rotatable bonds is 2. The molecule has 130 valence electrons. The average molecular weight is 330 g/mol. The zero-order chi connectivity index (χ0) is 17.5. The highest BCUT2D eigenvalue weighted by atomic mass is 16.5. The molecule has 6 heteroatoms. The highest BCUT2D eigenvalue weighted by molar-refractivity contribution is 5.95. The molecular weight excluding hydrogens is 304 g/mol. The van der Waals surface area contributed by atoms with Gasteiger partial charge in [-0.3, -0.25) is 9.48 Å². The Bertz CT molecular complexity index is 739. The zero-order valence-electron chi connectivity index (χ0n) is 15.1. The number of aryl methyl sites for hydroxylation is 1. The van der Waals surface area contributed by atoms with Gasteiger partial charge < -0.3 is 14.2 Å². The first-order valence-corrected chi connectivity index (χ1v) is 8.35. The van der Waals surface area contributed by atoms with Crippen molar-refractivity contribution < 1.29 is 9.53 Å². The normalized spacial score (nSPS) is 18.9. The molecule has 1 unspecified atom stereocenters. The van der Waals surface area contributed by atoms with Crippen molar-refractivity contribution in [2.24, 2.45) is 7.05 Å². The van der Waals surface area contributed by atoms with Gasteiger partial charge in [0.25, 0.3) is 5.91 Å². The molecule has 0 spiro atoms. The Morgan fingerprint density at radius 3 is 2.71 bits per heavy atom. The third-order valence-corrected chi connectivity index (χ3v) is 4.59. The number of nitrogens with zero attached hydrogens (tertiary/aromatic N) is 4. The molecule has 3 heterocycles. The van der Waals surface area contributed by atoms with Crippen LogP contribution in [0, 0.1) is 6.92 Å². The topological polar surface area (TPSA) is 52.3 Å². The molecule has 1 saturated heterocycles. The predicted molar refractivity (Wildman–Crippen MR) is 92.0 cm³/mol. The monoisotopic (exact) mass is 330 g/mol. The van der Waals surface area contributed by atoms with Crippen molar-refractivity contribution in [1.29, 1.82) is 0 Å². The molecule has 2 aromatic rings. The van der Waals surface area contributed by atoms with Crippen LogP contribution < -0.4 is 0 Å². The predicted octanol–water partition coefficient (Wildman–Crippen LogP) is 2.50. The van der Waals surface area contributed by atoms with Gasteiger partial charge in [0.2, 0.25) is 0 Å². The fraction of sp³-hybridized carbons (Fsp3) is 0.556. The van der Waals surface area contributed by atoms with Crippen molar-refractivity contribution in [3.05, 3.63) is 41.5 Å². The molecule has 0 bridgehead atoms. The maximum Gasteiger partial charge on any atom is 0.258 e. The maximum atomic E-state index is 13.2. The van der Waals surface area contributed by atoms with Gasteiger partial charge >= 0.3 is 0 Å². The molecule has 0 aromatic carbocycles. The van der Waals surface area contributed by atoms with Gasteiger partial charge in [0.1, 0.15) is 0 Å². The van der Waals surface area contributed by atoms with Crippen LogP contribution in [0.3, 0.4) is 0 Å². The third kappa shape index (κ3) is 2.86. The van der Waals surface area contributed by atoms with E-state index in [1.807, 2.05) is 46.4 Å². The second-order valence-electron chi connectivity index (χ2n) is 7.36. The van der Waals surface area contributed by atoms with E-state index in [2.05, 4.69) is 25.9 Å². The van der Waals surface area contributed by atoms with E-state index in [0.717, 1.165) is 11.4 Å². The second kappa shape index (κ2) is 6.09. The molecule has 0 saturated carbocycles. The first-order chi connectivity index (χ1) is 11.3. The van der Waals surface area contributed by atoms with Gasteiger partial charge in [-0.2, -0.15) is 5.10 Å². The molecule has 1 aliphatic rings. The summed E-state index contributed by atoms with van der Waals surface area (Å²) in [6, 6.07) is 3.98. The Hall–Kier alpha value is -2.08. The Morgan fingerprint density at radius 1 is 1.38 bits per heavy atom. The molecule has 1 fully saturated rings. The van der Waals surface area contributed by atoms with Gasteiger partial charge in [-0.15, -0.1) is 0 Å². The summed E-state index contributed by atoms with van der Waals surface area (Å²) in [7, 11) is 2.00. The van der Waals surface area contributed by atoms with E-state index in [0.29, 0.717) is 25.3 Å². The van der Waals surface area contributed by atoms with Crippen LogP contribution in [0.15, 0.2) is 24.5 Å². The molecule has 0 N–H and O–H groups in total. The Balaban J connectivity index is 1.93. The molecule has 6 nitrogen and oxygen atoms in total. The van der Waals surface area contributed by atoms with Crippen LogP contribution in [0.25, 0.3) is 0 Å². The van der Waals surface area contributed by atoms with Gasteiger partial charge in [0.15, 0.2) is 0 Å². The van der Waals surface area contributed by atoms with E-state index in [-0.39, 0.29) is 17.5 Å². The summed E-state index contributed by atoms with van der Waals surface area (Å²) in [4.78, 5) is 15.1. The number of morpholine rings is 1. The fourth-order valence-electron chi connectivity index (χ4n) is 3.36. The Morgan fingerprint density at radius 2 is 2.12 bits per heavy atom. The summed E-state index contributed by atoms with van der Waals surface area (Å²) in [6.07, 6.45) is 3.69. The molecule has 1 amide bonds. The lowest BCUT2D eigenvalue weighted by atomic mass is 10.1. The van der Waals surface area contributed by atoms with E-state index in [4.69, 9.17) is 4.74 Å². The van der Waals surface area contributed by atoms with E-state index >= 15 is 0 Å². The van der Waals surface area contributed by atoms with Crippen LogP contribution >= 0.6 is 0 Å². The lowest BCUT2D eigenvalue weighted by molar-refractivity contribution is -0.00468. The number of hydrogen-bond donors (Lipinski definition) is 0. The highest BCUT2D eigenvalue weighted by Gasteiger charge is 2.33. The molecule has 1 aliphatic heterocycles. The zero-order valence-corrected chi connectivity index (χ0v) is 15.1. The van der Waals surface area contributed by atoms with Crippen LogP contribution in [-0.4, -0.2) is 44.9 Å². The maximum absolute atomic E-state index is 13.2. The highest BCUT2D eigenvalue weighted by Crippen LogP contribution is 2.27. The van der Waals surface area contributed by atoms with Crippen molar-refractivity contribution in [3.63, 3.8) is 0 Å². The molecule has 3 rings (SSSR count). The molecule has 1 atom stereocenters. The van der Waals surface area contributed by atoms with Gasteiger partial charge in [-0.1, -0.05) is 0 Å². The molecule has 24 heavy (non-hydrogen) atoms. The Labute approximate surface area is 143 Å². The van der Waals surface area contributed by atoms with Crippen molar-refractivity contribution in [2.45, 2.75) is 39.3 Å². The van der Waals surface area contributed by atoms with Gasteiger partial charge in [-0.25, -0.2) is 0 Å². The fourth-order valence-corrected chi connectivity index (χ4v) is 3.36. The van der Waals surface area contributed by atoms with Crippen molar-refractivity contribution in [3.8, 4) is 0 Å². The summed E-state index contributed by atoms with van der Waals surface area (Å²) in [5, 5.41) is 4.44. The minimum Gasteiger partial charge on any atom is -0.377 e. The first kappa shape index (κ1) is 16.8. The van der Waals surface area contributed by atoms with Crippen LogP contribution in [0.4, 0.5) is 0 Å². The summed E-state index contributed by atoms with van der Waals surface area (Å²) >= 11 is 0. The first-order valence-electron chi connectivity index (χ1n) is 8.35. The minimum absolute atomic E-state index is 0.0255. The Kier molecular flexibility index (Phi) is 4.25. The van der Waals surface area contributed by atoms with Crippen molar-refractivity contribution in [1.82, 2.24) is 19.2 Å². The molecule has 0 radical (unpaired) electrons. The lowest BCUT2D eigenvalue weighted by Gasteiger charge is -2.36.